The molecular formula is C11H22N2O. The number of hydrogen-bond acceptors (Lipinski definition) is 2. The van der Waals surface area contributed by atoms with Crippen LogP contribution >= 0.6 is 0 Å². The minimum Gasteiger partial charge on any atom is -0.368 e. The first-order chi connectivity index (χ1) is 6.61. The van der Waals surface area contributed by atoms with E-state index in [9.17, 15) is 4.79 Å². The molecule has 1 amide bonds. The molecular weight excluding hydrogens is 176 g/mol. The van der Waals surface area contributed by atoms with Crippen LogP contribution in [0.3, 0.4) is 0 Å². The van der Waals surface area contributed by atoms with Gasteiger partial charge in [0.1, 0.15) is 0 Å². The predicted octanol–water partition coefficient (Wildman–Crippen LogP) is 1.42. The van der Waals surface area contributed by atoms with Gasteiger partial charge in [0.2, 0.25) is 5.91 Å². The molecule has 0 bridgehead atoms. The number of hydrogen-bond donors (Lipinski definition) is 2. The molecule has 0 aliphatic heterocycles. The monoisotopic (exact) mass is 198 g/mol. The molecule has 1 unspecified atom stereocenters. The van der Waals surface area contributed by atoms with Gasteiger partial charge in [0.15, 0.2) is 0 Å². The van der Waals surface area contributed by atoms with E-state index in [0.717, 1.165) is 5.92 Å². The Morgan fingerprint density at radius 1 is 1.29 bits per heavy atom. The molecule has 3 heteroatoms. The molecule has 1 aliphatic carbocycles. The fourth-order valence-corrected chi connectivity index (χ4v) is 2.25. The molecule has 3 N–H and O–H groups in total. The molecule has 1 saturated carbocycles. The number of amides is 1. The van der Waals surface area contributed by atoms with E-state index in [1.165, 1.54) is 32.1 Å². The summed E-state index contributed by atoms with van der Waals surface area (Å²) in [7, 11) is 0. The predicted molar refractivity (Wildman–Crippen MR) is 57.8 cm³/mol. The molecule has 2 atom stereocenters. The lowest BCUT2D eigenvalue weighted by molar-refractivity contribution is -0.119. The van der Waals surface area contributed by atoms with Crippen LogP contribution in [0.25, 0.3) is 0 Å². The Morgan fingerprint density at radius 2 is 1.86 bits per heavy atom. The van der Waals surface area contributed by atoms with Gasteiger partial charge in [-0.2, -0.15) is 0 Å². The molecule has 0 saturated heterocycles. The van der Waals surface area contributed by atoms with Crippen molar-refractivity contribution in [2.75, 3.05) is 0 Å². The summed E-state index contributed by atoms with van der Waals surface area (Å²) in [5.41, 5.74) is 5.21. The number of carbonyl (C=O) groups excluding carboxylic acids is 1. The highest BCUT2D eigenvalue weighted by atomic mass is 16.1. The van der Waals surface area contributed by atoms with E-state index in [1.54, 1.807) is 0 Å². The Hall–Kier alpha value is -0.570. The lowest BCUT2D eigenvalue weighted by atomic mass is 9.84. The van der Waals surface area contributed by atoms with Crippen molar-refractivity contribution in [2.45, 2.75) is 58.0 Å². The average molecular weight is 198 g/mol. The van der Waals surface area contributed by atoms with Crippen LogP contribution in [-0.2, 0) is 4.79 Å². The van der Waals surface area contributed by atoms with Crippen LogP contribution in [0, 0.1) is 5.92 Å². The molecule has 3 nitrogen and oxygen atoms in total. The minimum absolute atomic E-state index is 0.202. The summed E-state index contributed by atoms with van der Waals surface area (Å²) in [4.78, 5) is 10.9. The van der Waals surface area contributed by atoms with E-state index in [1.807, 2.05) is 6.92 Å². The van der Waals surface area contributed by atoms with Gasteiger partial charge in [0, 0.05) is 6.04 Å². The molecule has 82 valence electrons. The SMILES string of the molecule is CC(N[C@@H](C)C1CCCCC1)C(N)=O. The zero-order valence-corrected chi connectivity index (χ0v) is 9.25. The van der Waals surface area contributed by atoms with Crippen LogP contribution in [-0.4, -0.2) is 18.0 Å². The Kier molecular flexibility index (Phi) is 4.39. The van der Waals surface area contributed by atoms with Crippen LogP contribution in [0.1, 0.15) is 46.0 Å². The summed E-state index contributed by atoms with van der Waals surface area (Å²) >= 11 is 0. The number of primary amides is 1. The average Bonchev–Trinajstić information content (AvgIpc) is 2.19. The Labute approximate surface area is 86.4 Å². The number of nitrogens with two attached hydrogens (primary N) is 1. The lowest BCUT2D eigenvalue weighted by Gasteiger charge is -2.29. The van der Waals surface area contributed by atoms with E-state index >= 15 is 0 Å². The van der Waals surface area contributed by atoms with Gasteiger partial charge in [-0.15, -0.1) is 0 Å². The maximum atomic E-state index is 10.9. The van der Waals surface area contributed by atoms with Crippen LogP contribution in [0.2, 0.25) is 0 Å². The third kappa shape index (κ3) is 3.29. The number of carbonyl (C=O) groups is 1. The van der Waals surface area contributed by atoms with Gasteiger partial charge in [-0.05, 0) is 32.6 Å². The first kappa shape index (κ1) is 11.5. The fraction of sp³-hybridized carbons (Fsp3) is 0.909. The number of rotatable bonds is 4. The molecule has 0 radical (unpaired) electrons. The summed E-state index contributed by atoms with van der Waals surface area (Å²) in [6.45, 7) is 4.00. The van der Waals surface area contributed by atoms with Gasteiger partial charge >= 0.3 is 0 Å². The van der Waals surface area contributed by atoms with E-state index in [2.05, 4.69) is 12.2 Å². The smallest absolute Gasteiger partial charge is 0.234 e. The second kappa shape index (κ2) is 5.35. The normalized spacial score (nSPS) is 23.0. The molecule has 0 spiro atoms. The van der Waals surface area contributed by atoms with Crippen molar-refractivity contribution in [3.8, 4) is 0 Å². The summed E-state index contributed by atoms with van der Waals surface area (Å²) in [5, 5.41) is 3.27. The van der Waals surface area contributed by atoms with Crippen LogP contribution in [0.4, 0.5) is 0 Å². The second-order valence-corrected chi connectivity index (χ2v) is 4.48. The maximum Gasteiger partial charge on any atom is 0.234 e. The Bertz CT molecular complexity index is 188. The van der Waals surface area contributed by atoms with Gasteiger partial charge in [0.05, 0.1) is 6.04 Å². The zero-order valence-electron chi connectivity index (χ0n) is 9.25. The third-order valence-electron chi connectivity index (χ3n) is 3.30. The molecule has 1 aliphatic rings. The van der Waals surface area contributed by atoms with Crippen molar-refractivity contribution >= 4 is 5.91 Å². The minimum atomic E-state index is -0.257. The van der Waals surface area contributed by atoms with Crippen molar-refractivity contribution in [1.29, 1.82) is 0 Å². The van der Waals surface area contributed by atoms with Gasteiger partial charge in [0.25, 0.3) is 0 Å². The van der Waals surface area contributed by atoms with Crippen LogP contribution < -0.4 is 11.1 Å². The summed E-state index contributed by atoms with van der Waals surface area (Å²) in [6, 6.07) is 0.213. The summed E-state index contributed by atoms with van der Waals surface area (Å²) in [5.74, 6) is 0.471. The van der Waals surface area contributed by atoms with Crippen LogP contribution in [0.15, 0.2) is 0 Å². The molecule has 0 heterocycles. The summed E-state index contributed by atoms with van der Waals surface area (Å²) < 4.78 is 0. The third-order valence-corrected chi connectivity index (χ3v) is 3.30. The molecule has 1 rings (SSSR count). The standard InChI is InChI=1S/C11H22N2O/c1-8(13-9(2)11(12)14)10-6-4-3-5-7-10/h8-10,13H,3-7H2,1-2H3,(H2,12,14)/t8-,9?/m0/s1. The Balaban J connectivity index is 2.32. The molecule has 1 fully saturated rings. The van der Waals surface area contributed by atoms with Crippen molar-refractivity contribution < 1.29 is 4.79 Å². The largest absolute Gasteiger partial charge is 0.368 e. The topological polar surface area (TPSA) is 55.1 Å². The fourth-order valence-electron chi connectivity index (χ4n) is 2.25. The lowest BCUT2D eigenvalue weighted by Crippen LogP contribution is -2.46. The van der Waals surface area contributed by atoms with Gasteiger partial charge < -0.3 is 11.1 Å². The first-order valence-electron chi connectivity index (χ1n) is 5.66. The van der Waals surface area contributed by atoms with E-state index in [-0.39, 0.29) is 11.9 Å². The first-order valence-corrected chi connectivity index (χ1v) is 5.66. The highest BCUT2D eigenvalue weighted by Crippen LogP contribution is 2.26. The van der Waals surface area contributed by atoms with Gasteiger partial charge in [-0.25, -0.2) is 0 Å². The molecule has 14 heavy (non-hydrogen) atoms. The van der Waals surface area contributed by atoms with Crippen LogP contribution in [0.5, 0.6) is 0 Å². The Morgan fingerprint density at radius 3 is 2.36 bits per heavy atom. The van der Waals surface area contributed by atoms with Crippen molar-refractivity contribution in [3.05, 3.63) is 0 Å². The van der Waals surface area contributed by atoms with E-state index in [4.69, 9.17) is 5.73 Å². The van der Waals surface area contributed by atoms with Gasteiger partial charge in [-0.1, -0.05) is 19.3 Å². The van der Waals surface area contributed by atoms with Crippen molar-refractivity contribution in [1.82, 2.24) is 5.32 Å². The quantitative estimate of drug-likeness (QED) is 0.717. The summed E-state index contributed by atoms with van der Waals surface area (Å²) in [6.07, 6.45) is 6.62. The molecule has 0 aromatic carbocycles. The van der Waals surface area contributed by atoms with Gasteiger partial charge in [-0.3, -0.25) is 4.79 Å². The highest BCUT2D eigenvalue weighted by molar-refractivity contribution is 5.79. The molecule has 0 aromatic rings. The zero-order chi connectivity index (χ0) is 10.6. The molecule has 0 aromatic heterocycles. The second-order valence-electron chi connectivity index (χ2n) is 4.48. The van der Waals surface area contributed by atoms with E-state index < -0.39 is 0 Å². The number of nitrogens with one attached hydrogen (secondary N) is 1. The van der Waals surface area contributed by atoms with Crippen molar-refractivity contribution in [3.63, 3.8) is 0 Å². The van der Waals surface area contributed by atoms with Crippen molar-refractivity contribution in [2.24, 2.45) is 11.7 Å². The maximum absolute atomic E-state index is 10.9. The highest BCUT2D eigenvalue weighted by Gasteiger charge is 2.22. The van der Waals surface area contributed by atoms with E-state index in [0.29, 0.717) is 6.04 Å².